The number of hydrogen-bond acceptors (Lipinski definition) is 5. The average molecular weight is 300 g/mol. The van der Waals surface area contributed by atoms with Crippen molar-refractivity contribution in [3.8, 4) is 0 Å². The molecule has 0 spiro atoms. The second-order valence-electron chi connectivity index (χ2n) is 7.04. The summed E-state index contributed by atoms with van der Waals surface area (Å²) in [6, 6.07) is 0. The Bertz CT molecular complexity index is 333. The van der Waals surface area contributed by atoms with Crippen molar-refractivity contribution in [3.63, 3.8) is 0 Å². The molecule has 2 aliphatic carbocycles. The van der Waals surface area contributed by atoms with Gasteiger partial charge in [-0.25, -0.2) is 0 Å². The number of hydrogen-bond donors (Lipinski definition) is 1. The first-order valence-electron chi connectivity index (χ1n) is 8.16. The van der Waals surface area contributed by atoms with Crippen molar-refractivity contribution < 1.29 is 24.1 Å². The topological polar surface area (TPSA) is 60.5 Å². The van der Waals surface area contributed by atoms with E-state index in [1.54, 1.807) is 7.11 Å². The predicted octanol–water partition coefficient (Wildman–Crippen LogP) is 1.23. The van der Waals surface area contributed by atoms with Gasteiger partial charge in [0.25, 0.3) is 0 Å². The highest BCUT2D eigenvalue weighted by Crippen LogP contribution is 2.56. The summed E-state index contributed by atoms with van der Waals surface area (Å²) in [4.78, 5) is 0. The average Bonchev–Trinajstić information content (AvgIpc) is 3.06. The zero-order valence-electron chi connectivity index (χ0n) is 13.0. The molecular weight excluding hydrogens is 272 g/mol. The zero-order chi connectivity index (χ0) is 14.7. The van der Waals surface area contributed by atoms with E-state index < -0.39 is 6.10 Å². The molecule has 3 rings (SSSR count). The molecule has 5 heteroatoms. The quantitative estimate of drug-likeness (QED) is 0.615. The van der Waals surface area contributed by atoms with Gasteiger partial charge in [-0.1, -0.05) is 6.42 Å². The summed E-state index contributed by atoms with van der Waals surface area (Å²) in [6.45, 7) is 3.70. The number of aliphatic hydroxyl groups excluding tert-OH is 1. The summed E-state index contributed by atoms with van der Waals surface area (Å²) in [5, 5.41) is 9.70. The van der Waals surface area contributed by atoms with E-state index in [-0.39, 0.29) is 5.41 Å². The second kappa shape index (κ2) is 6.92. The lowest BCUT2D eigenvalue weighted by Gasteiger charge is -2.37. The Balaban J connectivity index is 1.47. The van der Waals surface area contributed by atoms with E-state index in [0.717, 1.165) is 25.0 Å². The van der Waals surface area contributed by atoms with Crippen LogP contribution in [0.3, 0.4) is 0 Å². The molecule has 2 bridgehead atoms. The van der Waals surface area contributed by atoms with Crippen LogP contribution < -0.4 is 0 Å². The standard InChI is InChI=1S/C16H28O5/c1-18-6-14(17)7-19-10-16(11-20-8-15-9-21-15)5-12-2-3-13(16)4-12/h12-15,17H,2-11H2,1H3. The van der Waals surface area contributed by atoms with E-state index in [4.69, 9.17) is 18.9 Å². The van der Waals surface area contributed by atoms with Crippen molar-refractivity contribution in [1.29, 1.82) is 0 Å². The highest BCUT2D eigenvalue weighted by molar-refractivity contribution is 5.00. The van der Waals surface area contributed by atoms with Crippen molar-refractivity contribution in [2.45, 2.75) is 37.9 Å². The normalized spacial score (nSPS) is 38.9. The van der Waals surface area contributed by atoms with Crippen LogP contribution in [0, 0.1) is 17.3 Å². The molecule has 0 aromatic heterocycles. The van der Waals surface area contributed by atoms with E-state index in [0.29, 0.717) is 32.5 Å². The first-order chi connectivity index (χ1) is 10.2. The molecule has 0 aromatic carbocycles. The molecule has 0 aromatic rings. The predicted molar refractivity (Wildman–Crippen MR) is 77.1 cm³/mol. The number of ether oxygens (including phenoxy) is 4. The van der Waals surface area contributed by atoms with Crippen LogP contribution in [-0.2, 0) is 18.9 Å². The molecule has 1 saturated heterocycles. The van der Waals surface area contributed by atoms with Crippen LogP contribution in [-0.4, -0.2) is 64.1 Å². The van der Waals surface area contributed by atoms with Gasteiger partial charge >= 0.3 is 0 Å². The number of methoxy groups -OCH3 is 1. The molecule has 122 valence electrons. The zero-order valence-corrected chi connectivity index (χ0v) is 13.0. The Kier molecular flexibility index (Phi) is 5.17. The monoisotopic (exact) mass is 300 g/mol. The fraction of sp³-hybridized carbons (Fsp3) is 1.00. The van der Waals surface area contributed by atoms with Gasteiger partial charge in [-0.3, -0.25) is 0 Å². The molecule has 5 nitrogen and oxygen atoms in total. The Morgan fingerprint density at radius 3 is 2.67 bits per heavy atom. The van der Waals surface area contributed by atoms with Crippen LogP contribution in [0.15, 0.2) is 0 Å². The van der Waals surface area contributed by atoms with Crippen LogP contribution in [0.5, 0.6) is 0 Å². The molecular formula is C16H28O5. The molecule has 3 aliphatic rings. The third kappa shape index (κ3) is 3.96. The van der Waals surface area contributed by atoms with Crippen LogP contribution in [0.25, 0.3) is 0 Å². The number of rotatable bonds is 10. The van der Waals surface area contributed by atoms with E-state index in [2.05, 4.69) is 0 Å². The van der Waals surface area contributed by atoms with Crippen LogP contribution in [0.1, 0.15) is 25.7 Å². The third-order valence-electron chi connectivity index (χ3n) is 5.26. The van der Waals surface area contributed by atoms with Crippen molar-refractivity contribution in [2.24, 2.45) is 17.3 Å². The molecule has 1 heterocycles. The van der Waals surface area contributed by atoms with Crippen molar-refractivity contribution in [1.82, 2.24) is 0 Å². The largest absolute Gasteiger partial charge is 0.388 e. The van der Waals surface area contributed by atoms with Crippen molar-refractivity contribution >= 4 is 0 Å². The highest BCUT2D eigenvalue weighted by Gasteiger charge is 2.51. The number of epoxide rings is 1. The molecule has 5 unspecified atom stereocenters. The maximum atomic E-state index is 9.70. The van der Waals surface area contributed by atoms with Gasteiger partial charge in [0.2, 0.25) is 0 Å². The second-order valence-corrected chi connectivity index (χ2v) is 7.04. The van der Waals surface area contributed by atoms with Crippen molar-refractivity contribution in [3.05, 3.63) is 0 Å². The van der Waals surface area contributed by atoms with Crippen LogP contribution in [0.4, 0.5) is 0 Å². The molecule has 21 heavy (non-hydrogen) atoms. The SMILES string of the molecule is COCC(O)COCC1(COCC2CO2)CC2CCC1C2. The lowest BCUT2D eigenvalue weighted by molar-refractivity contribution is -0.0780. The van der Waals surface area contributed by atoms with Crippen LogP contribution >= 0.6 is 0 Å². The summed E-state index contributed by atoms with van der Waals surface area (Å²) in [5.74, 6) is 1.57. The minimum Gasteiger partial charge on any atom is -0.388 e. The molecule has 2 saturated carbocycles. The van der Waals surface area contributed by atoms with Gasteiger partial charge in [0, 0.05) is 12.5 Å². The Morgan fingerprint density at radius 2 is 2.05 bits per heavy atom. The van der Waals surface area contributed by atoms with Gasteiger partial charge in [0.05, 0.1) is 39.6 Å². The molecule has 5 atom stereocenters. The van der Waals surface area contributed by atoms with E-state index in [1.807, 2.05) is 0 Å². The van der Waals surface area contributed by atoms with Gasteiger partial charge in [-0.15, -0.1) is 0 Å². The maximum absolute atomic E-state index is 9.70. The molecule has 3 fully saturated rings. The fourth-order valence-electron chi connectivity index (χ4n) is 4.15. The third-order valence-corrected chi connectivity index (χ3v) is 5.26. The van der Waals surface area contributed by atoms with E-state index in [9.17, 15) is 5.11 Å². The number of aliphatic hydroxyl groups is 1. The smallest absolute Gasteiger partial charge is 0.104 e. The molecule has 0 radical (unpaired) electrons. The molecule has 1 aliphatic heterocycles. The number of fused-ring (bicyclic) bond motifs is 2. The Hall–Kier alpha value is -0.200. The summed E-state index contributed by atoms with van der Waals surface area (Å²) < 4.78 is 21.9. The van der Waals surface area contributed by atoms with E-state index in [1.165, 1.54) is 25.7 Å². The summed E-state index contributed by atoms with van der Waals surface area (Å²) in [7, 11) is 1.59. The van der Waals surface area contributed by atoms with Gasteiger partial charge < -0.3 is 24.1 Å². The molecule has 0 amide bonds. The summed E-state index contributed by atoms with van der Waals surface area (Å²) in [5.41, 5.74) is 0.157. The van der Waals surface area contributed by atoms with Crippen molar-refractivity contribution in [2.75, 3.05) is 46.8 Å². The lowest BCUT2D eigenvalue weighted by atomic mass is 9.74. The lowest BCUT2D eigenvalue weighted by Crippen LogP contribution is -2.39. The summed E-state index contributed by atoms with van der Waals surface area (Å²) >= 11 is 0. The highest BCUT2D eigenvalue weighted by atomic mass is 16.6. The molecule has 1 N–H and O–H groups in total. The van der Waals surface area contributed by atoms with Gasteiger partial charge in [0.1, 0.15) is 12.2 Å². The first kappa shape index (κ1) is 15.7. The minimum atomic E-state index is -0.536. The van der Waals surface area contributed by atoms with Gasteiger partial charge in [-0.2, -0.15) is 0 Å². The van der Waals surface area contributed by atoms with Gasteiger partial charge in [0.15, 0.2) is 0 Å². The minimum absolute atomic E-state index is 0.157. The van der Waals surface area contributed by atoms with Crippen LogP contribution in [0.2, 0.25) is 0 Å². The first-order valence-corrected chi connectivity index (χ1v) is 8.16. The maximum Gasteiger partial charge on any atom is 0.104 e. The Morgan fingerprint density at radius 1 is 1.24 bits per heavy atom. The summed E-state index contributed by atoms with van der Waals surface area (Å²) in [6.07, 6.45) is 5.00. The van der Waals surface area contributed by atoms with Gasteiger partial charge in [-0.05, 0) is 31.1 Å². The van der Waals surface area contributed by atoms with E-state index >= 15 is 0 Å². The fourth-order valence-corrected chi connectivity index (χ4v) is 4.15. The Labute approximate surface area is 126 Å².